The van der Waals surface area contributed by atoms with Crippen molar-refractivity contribution in [3.8, 4) is 0 Å². The Hall–Kier alpha value is -3.89. The smallest absolute Gasteiger partial charge is 0.254 e. The Bertz CT molecular complexity index is 1090. The third-order valence-corrected chi connectivity index (χ3v) is 6.96. The van der Waals surface area contributed by atoms with Gasteiger partial charge in [-0.05, 0) is 49.4 Å². The maximum atomic E-state index is 12.0. The topological polar surface area (TPSA) is 151 Å². The Labute approximate surface area is 210 Å². The molecule has 11 heteroatoms. The molecule has 2 aliphatic heterocycles. The van der Waals surface area contributed by atoms with Crippen LogP contribution in [0.4, 0.5) is 23.1 Å². The van der Waals surface area contributed by atoms with Gasteiger partial charge in [-0.25, -0.2) is 4.98 Å². The maximum absolute atomic E-state index is 12.0. The van der Waals surface area contributed by atoms with Crippen LogP contribution in [0.15, 0.2) is 30.5 Å². The number of amides is 3. The summed E-state index contributed by atoms with van der Waals surface area (Å²) in [6.45, 7) is 6.08. The van der Waals surface area contributed by atoms with Gasteiger partial charge in [0.1, 0.15) is 11.4 Å². The number of nitrogens with two attached hydrogens (primary N) is 2. The second kappa shape index (κ2) is 11.2. The predicted molar refractivity (Wildman–Crippen MR) is 138 cm³/mol. The van der Waals surface area contributed by atoms with Crippen LogP contribution in [0.3, 0.4) is 0 Å². The number of benzene rings is 1. The first-order valence-electron chi connectivity index (χ1n) is 12.4. The molecule has 3 heterocycles. The van der Waals surface area contributed by atoms with E-state index in [0.717, 1.165) is 56.8 Å². The number of hydrogen-bond acceptors (Lipinski definition) is 8. The molecule has 2 saturated heterocycles. The van der Waals surface area contributed by atoms with Crippen LogP contribution in [-0.4, -0.2) is 71.9 Å². The molecule has 2 aliphatic rings. The van der Waals surface area contributed by atoms with Crippen LogP contribution in [0, 0.1) is 5.92 Å². The monoisotopic (exact) mass is 494 g/mol. The van der Waals surface area contributed by atoms with Crippen molar-refractivity contribution < 1.29 is 14.4 Å². The zero-order valence-corrected chi connectivity index (χ0v) is 20.7. The van der Waals surface area contributed by atoms with Crippen LogP contribution in [0.25, 0.3) is 0 Å². The van der Waals surface area contributed by atoms with Crippen molar-refractivity contribution >= 4 is 40.9 Å². The lowest BCUT2D eigenvalue weighted by Gasteiger charge is -2.35. The van der Waals surface area contributed by atoms with E-state index in [1.54, 1.807) is 6.92 Å². The number of nitrogens with one attached hydrogen (secondary N) is 1. The second-order valence-corrected chi connectivity index (χ2v) is 9.40. The molecule has 36 heavy (non-hydrogen) atoms. The number of anilines is 4. The number of carbonyl (C=O) groups is 3. The van der Waals surface area contributed by atoms with E-state index in [-0.39, 0.29) is 17.4 Å². The molecule has 192 valence electrons. The quantitative estimate of drug-likeness (QED) is 0.499. The predicted octanol–water partition coefficient (Wildman–Crippen LogP) is 1.47. The fourth-order valence-corrected chi connectivity index (χ4v) is 4.79. The lowest BCUT2D eigenvalue weighted by Crippen LogP contribution is -2.48. The van der Waals surface area contributed by atoms with Gasteiger partial charge in [-0.2, -0.15) is 4.98 Å². The Morgan fingerprint density at radius 2 is 1.64 bits per heavy atom. The lowest BCUT2D eigenvalue weighted by atomic mass is 9.92. The van der Waals surface area contributed by atoms with Crippen molar-refractivity contribution in [1.82, 2.24) is 14.9 Å². The van der Waals surface area contributed by atoms with Gasteiger partial charge in [0.25, 0.3) is 5.91 Å². The van der Waals surface area contributed by atoms with E-state index in [1.165, 1.54) is 6.20 Å². The Morgan fingerprint density at radius 1 is 0.972 bits per heavy atom. The minimum absolute atomic E-state index is 0.114. The maximum Gasteiger partial charge on any atom is 0.254 e. The van der Waals surface area contributed by atoms with E-state index in [2.05, 4.69) is 25.1 Å². The largest absolute Gasteiger partial charge is 0.370 e. The molecule has 0 bridgehead atoms. The van der Waals surface area contributed by atoms with E-state index in [9.17, 15) is 14.4 Å². The number of nitrogens with zero attached hydrogens (tertiary/aromatic N) is 5. The van der Waals surface area contributed by atoms with E-state index >= 15 is 0 Å². The van der Waals surface area contributed by atoms with Gasteiger partial charge in [0, 0.05) is 70.2 Å². The highest BCUT2D eigenvalue weighted by Crippen LogP contribution is 2.28. The first-order chi connectivity index (χ1) is 17.3. The second-order valence-electron chi connectivity index (χ2n) is 9.40. The summed E-state index contributed by atoms with van der Waals surface area (Å²) in [6, 6.07) is 7.98. The summed E-state index contributed by atoms with van der Waals surface area (Å²) >= 11 is 0. The van der Waals surface area contributed by atoms with Gasteiger partial charge in [0.15, 0.2) is 0 Å². The number of hydrogen-bond donors (Lipinski definition) is 3. The molecule has 4 rings (SSSR count). The SMILES string of the molecule is CC(=O)N1CCN(c2ccc(Nc3ncc(C(N)=O)c(N4CCC(CCC(N)=O)CC4)n3)cc2)CC1. The lowest BCUT2D eigenvalue weighted by molar-refractivity contribution is -0.129. The minimum atomic E-state index is -0.568. The normalized spacial score (nSPS) is 16.6. The molecule has 0 unspecified atom stereocenters. The molecular weight excluding hydrogens is 460 g/mol. The Kier molecular flexibility index (Phi) is 7.87. The molecule has 1 aromatic heterocycles. The summed E-state index contributed by atoms with van der Waals surface area (Å²) < 4.78 is 0. The fourth-order valence-electron chi connectivity index (χ4n) is 4.79. The van der Waals surface area contributed by atoms with E-state index < -0.39 is 5.91 Å². The van der Waals surface area contributed by atoms with Crippen molar-refractivity contribution in [3.05, 3.63) is 36.0 Å². The van der Waals surface area contributed by atoms with Gasteiger partial charge < -0.3 is 31.5 Å². The van der Waals surface area contributed by atoms with E-state index in [0.29, 0.717) is 37.2 Å². The average molecular weight is 495 g/mol. The van der Waals surface area contributed by atoms with E-state index in [1.807, 2.05) is 29.2 Å². The Balaban J connectivity index is 1.41. The molecule has 0 radical (unpaired) electrons. The molecule has 2 fully saturated rings. The van der Waals surface area contributed by atoms with Crippen molar-refractivity contribution in [1.29, 1.82) is 0 Å². The number of primary amides is 2. The summed E-state index contributed by atoms with van der Waals surface area (Å²) in [6.07, 6.45) is 4.42. The molecule has 1 aromatic carbocycles. The highest BCUT2D eigenvalue weighted by Gasteiger charge is 2.25. The molecular formula is C25H34N8O3. The van der Waals surface area contributed by atoms with Crippen LogP contribution < -0.4 is 26.6 Å². The number of piperidine rings is 1. The fraction of sp³-hybridized carbons (Fsp3) is 0.480. The number of aromatic nitrogens is 2. The highest BCUT2D eigenvalue weighted by molar-refractivity contribution is 5.97. The van der Waals surface area contributed by atoms with Gasteiger partial charge in [0.05, 0.1) is 0 Å². The number of carbonyl (C=O) groups excluding carboxylic acids is 3. The summed E-state index contributed by atoms with van der Waals surface area (Å²) in [5.41, 5.74) is 13.1. The van der Waals surface area contributed by atoms with Gasteiger partial charge in [-0.15, -0.1) is 0 Å². The van der Waals surface area contributed by atoms with Crippen molar-refractivity contribution in [2.45, 2.75) is 32.6 Å². The van der Waals surface area contributed by atoms with Crippen LogP contribution in [0.1, 0.15) is 43.0 Å². The van der Waals surface area contributed by atoms with Crippen molar-refractivity contribution in [2.24, 2.45) is 17.4 Å². The minimum Gasteiger partial charge on any atom is -0.370 e. The van der Waals surface area contributed by atoms with Crippen LogP contribution in [0.5, 0.6) is 0 Å². The summed E-state index contributed by atoms with van der Waals surface area (Å²) in [5.74, 6) is 0.602. The first-order valence-corrected chi connectivity index (χ1v) is 12.4. The Morgan fingerprint density at radius 3 is 2.22 bits per heavy atom. The van der Waals surface area contributed by atoms with E-state index in [4.69, 9.17) is 11.5 Å². The molecule has 5 N–H and O–H groups in total. The summed E-state index contributed by atoms with van der Waals surface area (Å²) in [4.78, 5) is 49.8. The molecule has 0 saturated carbocycles. The van der Waals surface area contributed by atoms with Gasteiger partial charge >= 0.3 is 0 Å². The standard InChI is InChI=1S/C25H34N8O3/c1-17(34)31-12-14-32(15-13-31)20-5-3-19(4-6-20)29-25-28-16-21(23(27)36)24(30-25)33-10-8-18(9-11-33)2-7-22(26)35/h3-6,16,18H,2,7-15H2,1H3,(H2,26,35)(H2,27,36)(H,28,29,30). The molecule has 11 nitrogen and oxygen atoms in total. The zero-order chi connectivity index (χ0) is 25.7. The van der Waals surface area contributed by atoms with Crippen molar-refractivity contribution in [3.63, 3.8) is 0 Å². The summed E-state index contributed by atoms with van der Waals surface area (Å²) in [5, 5.41) is 3.22. The summed E-state index contributed by atoms with van der Waals surface area (Å²) in [7, 11) is 0. The molecule has 3 amide bonds. The zero-order valence-electron chi connectivity index (χ0n) is 20.7. The number of rotatable bonds is 8. The first kappa shape index (κ1) is 25.2. The van der Waals surface area contributed by atoms with Crippen molar-refractivity contribution in [2.75, 3.05) is 54.4 Å². The van der Waals surface area contributed by atoms with Gasteiger partial charge in [-0.1, -0.05) is 0 Å². The third kappa shape index (κ3) is 6.21. The molecule has 0 spiro atoms. The van der Waals surface area contributed by atoms with Crippen LogP contribution in [0.2, 0.25) is 0 Å². The van der Waals surface area contributed by atoms with Gasteiger partial charge in [-0.3, -0.25) is 14.4 Å². The third-order valence-electron chi connectivity index (χ3n) is 6.96. The molecule has 0 atom stereocenters. The molecule has 2 aromatic rings. The highest BCUT2D eigenvalue weighted by atomic mass is 16.2. The number of piperazine rings is 1. The van der Waals surface area contributed by atoms with Crippen LogP contribution in [-0.2, 0) is 9.59 Å². The average Bonchev–Trinajstić information content (AvgIpc) is 2.88. The van der Waals surface area contributed by atoms with Gasteiger partial charge in [0.2, 0.25) is 17.8 Å². The van der Waals surface area contributed by atoms with Crippen LogP contribution >= 0.6 is 0 Å². The molecule has 0 aliphatic carbocycles.